The molecule has 0 saturated heterocycles. The van der Waals surface area contributed by atoms with E-state index in [4.69, 9.17) is 9.26 Å². The van der Waals surface area contributed by atoms with Gasteiger partial charge in [0.1, 0.15) is 0 Å². The summed E-state index contributed by atoms with van der Waals surface area (Å²) in [7, 11) is -3.65. The number of para-hydroxylation sites is 1. The normalized spacial score (nSPS) is 15.2. The molecule has 1 aromatic carbocycles. The van der Waals surface area contributed by atoms with Gasteiger partial charge < -0.3 is 0 Å². The molecule has 6 heteroatoms. The van der Waals surface area contributed by atoms with Gasteiger partial charge in [-0.2, -0.15) is 0 Å². The molecule has 0 radical (unpaired) electrons. The van der Waals surface area contributed by atoms with E-state index in [0.29, 0.717) is 5.75 Å². The molecule has 0 spiro atoms. The Morgan fingerprint density at radius 3 is 2.25 bits per heavy atom. The first kappa shape index (κ1) is 16.9. The van der Waals surface area contributed by atoms with Gasteiger partial charge in [-0.15, -0.1) is 0 Å². The van der Waals surface area contributed by atoms with E-state index in [1.165, 1.54) is 0 Å². The Morgan fingerprint density at radius 2 is 1.75 bits per heavy atom. The number of carbonyl (C=O) groups is 1. The Bertz CT molecular complexity index is 453. The SMILES string of the molecule is CC(C)OC(=O)[C@H](C)NP(C)(C)(O)Oc1ccccc1. The van der Waals surface area contributed by atoms with Crippen molar-refractivity contribution in [2.45, 2.75) is 32.9 Å². The van der Waals surface area contributed by atoms with Crippen LogP contribution in [0.5, 0.6) is 5.75 Å². The molecule has 1 atom stereocenters. The maximum absolute atomic E-state index is 11.8. The van der Waals surface area contributed by atoms with Crippen LogP contribution in [0.3, 0.4) is 0 Å². The Balaban J connectivity index is 2.73. The van der Waals surface area contributed by atoms with E-state index in [-0.39, 0.29) is 6.10 Å². The molecule has 0 unspecified atom stereocenters. The second-order valence-corrected chi connectivity index (χ2v) is 9.98. The Kier molecular flexibility index (Phi) is 5.14. The molecule has 0 aliphatic heterocycles. The van der Waals surface area contributed by atoms with Crippen LogP contribution in [0, 0.1) is 0 Å². The predicted molar refractivity (Wildman–Crippen MR) is 81.9 cm³/mol. The zero-order chi connectivity index (χ0) is 15.4. The van der Waals surface area contributed by atoms with Crippen LogP contribution < -0.4 is 9.61 Å². The van der Waals surface area contributed by atoms with Crippen molar-refractivity contribution >= 4 is 13.2 Å². The van der Waals surface area contributed by atoms with Gasteiger partial charge in [0.15, 0.2) is 0 Å². The monoisotopic (exact) mass is 301 g/mol. The third kappa shape index (κ3) is 5.87. The van der Waals surface area contributed by atoms with Crippen molar-refractivity contribution in [3.63, 3.8) is 0 Å². The number of hydrogen-bond acceptors (Lipinski definition) is 5. The van der Waals surface area contributed by atoms with Crippen molar-refractivity contribution in [2.24, 2.45) is 0 Å². The first-order valence-electron chi connectivity index (χ1n) is 6.57. The van der Waals surface area contributed by atoms with Crippen LogP contribution >= 0.6 is 7.21 Å². The van der Waals surface area contributed by atoms with Crippen LogP contribution in [0.2, 0.25) is 0 Å². The molecule has 0 aliphatic rings. The van der Waals surface area contributed by atoms with E-state index in [0.717, 1.165) is 0 Å². The second-order valence-electron chi connectivity index (χ2n) is 5.67. The van der Waals surface area contributed by atoms with E-state index in [1.807, 2.05) is 18.2 Å². The fourth-order valence-electron chi connectivity index (χ4n) is 1.76. The van der Waals surface area contributed by atoms with E-state index < -0.39 is 19.2 Å². The number of carbonyl (C=O) groups excluding carboxylic acids is 1. The van der Waals surface area contributed by atoms with Crippen molar-refractivity contribution in [1.29, 1.82) is 0 Å². The Labute approximate surface area is 120 Å². The van der Waals surface area contributed by atoms with Crippen LogP contribution in [0.25, 0.3) is 0 Å². The standard InChI is InChI=1S/C14H24NO4P/c1-11(2)18-14(16)12(3)15-20(4,5,17)19-13-9-7-6-8-10-13/h6-12,15,17H,1-5H3/t12-/m0/s1. The molecule has 20 heavy (non-hydrogen) atoms. The molecule has 0 bridgehead atoms. The number of esters is 1. The summed E-state index contributed by atoms with van der Waals surface area (Å²) in [5.41, 5.74) is 0. The first-order valence-corrected chi connectivity index (χ1v) is 9.57. The summed E-state index contributed by atoms with van der Waals surface area (Å²) in [5.74, 6) is 0.137. The van der Waals surface area contributed by atoms with Crippen LogP contribution in [0.4, 0.5) is 0 Å². The average Bonchev–Trinajstić information content (AvgIpc) is 2.26. The van der Waals surface area contributed by atoms with Crippen LogP contribution in [0.15, 0.2) is 30.3 Å². The number of ether oxygens (including phenoxy) is 1. The minimum absolute atomic E-state index is 0.194. The van der Waals surface area contributed by atoms with Crippen molar-refractivity contribution < 1.29 is 18.9 Å². The molecular weight excluding hydrogens is 277 g/mol. The van der Waals surface area contributed by atoms with Crippen molar-refractivity contribution in [3.8, 4) is 5.75 Å². The van der Waals surface area contributed by atoms with E-state index >= 15 is 0 Å². The van der Waals surface area contributed by atoms with Gasteiger partial charge in [0, 0.05) is 0 Å². The van der Waals surface area contributed by atoms with E-state index in [2.05, 4.69) is 5.09 Å². The van der Waals surface area contributed by atoms with Gasteiger partial charge in [0.05, 0.1) is 0 Å². The van der Waals surface area contributed by atoms with Crippen LogP contribution in [0.1, 0.15) is 20.8 Å². The summed E-state index contributed by atoms with van der Waals surface area (Å²) in [5, 5.41) is 2.88. The first-order chi connectivity index (χ1) is 9.07. The summed E-state index contributed by atoms with van der Waals surface area (Å²) in [6.45, 7) is 8.36. The topological polar surface area (TPSA) is 67.8 Å². The van der Waals surface area contributed by atoms with E-state index in [9.17, 15) is 9.69 Å². The number of nitrogens with one attached hydrogen (secondary N) is 1. The zero-order valence-corrected chi connectivity index (χ0v) is 13.6. The quantitative estimate of drug-likeness (QED) is 0.624. The maximum atomic E-state index is 11.8. The summed E-state index contributed by atoms with van der Waals surface area (Å²) < 4.78 is 10.8. The number of hydrogen-bond donors (Lipinski definition) is 2. The molecule has 0 heterocycles. The van der Waals surface area contributed by atoms with Gasteiger partial charge in [0.25, 0.3) is 0 Å². The molecule has 0 aromatic heterocycles. The van der Waals surface area contributed by atoms with Crippen molar-refractivity contribution in [1.82, 2.24) is 5.09 Å². The fraction of sp³-hybridized carbons (Fsp3) is 0.500. The third-order valence-corrected chi connectivity index (χ3v) is 4.26. The molecule has 2 N–H and O–H groups in total. The van der Waals surface area contributed by atoms with Crippen molar-refractivity contribution in [3.05, 3.63) is 30.3 Å². The number of benzene rings is 1. The molecule has 0 fully saturated rings. The summed E-state index contributed by atoms with van der Waals surface area (Å²) in [6.07, 6.45) is -0.194. The molecule has 1 rings (SSSR count). The minimum atomic E-state index is -3.65. The summed E-state index contributed by atoms with van der Waals surface area (Å²) in [6, 6.07) is 8.35. The summed E-state index contributed by atoms with van der Waals surface area (Å²) >= 11 is 0. The molecule has 0 amide bonds. The van der Waals surface area contributed by atoms with Gasteiger partial charge >= 0.3 is 120 Å². The fourth-order valence-corrected chi connectivity index (χ4v) is 3.77. The molecule has 5 nitrogen and oxygen atoms in total. The molecule has 114 valence electrons. The molecule has 0 aliphatic carbocycles. The second kappa shape index (κ2) is 6.08. The molecular formula is C14H24NO4P. The zero-order valence-electron chi connectivity index (χ0n) is 12.7. The summed E-state index contributed by atoms with van der Waals surface area (Å²) in [4.78, 5) is 22.5. The van der Waals surface area contributed by atoms with Crippen molar-refractivity contribution in [2.75, 3.05) is 13.3 Å². The van der Waals surface area contributed by atoms with Crippen LogP contribution in [-0.4, -0.2) is 36.3 Å². The van der Waals surface area contributed by atoms with Gasteiger partial charge in [0.2, 0.25) is 0 Å². The van der Waals surface area contributed by atoms with Gasteiger partial charge in [-0.1, -0.05) is 0 Å². The third-order valence-electron chi connectivity index (χ3n) is 2.39. The van der Waals surface area contributed by atoms with Gasteiger partial charge in [-0.05, 0) is 0 Å². The number of rotatable bonds is 6. The van der Waals surface area contributed by atoms with E-state index in [1.54, 1.807) is 46.2 Å². The molecule has 1 aromatic rings. The van der Waals surface area contributed by atoms with Gasteiger partial charge in [-0.3, -0.25) is 0 Å². The molecule has 0 saturated carbocycles. The predicted octanol–water partition coefficient (Wildman–Crippen LogP) is 2.55. The van der Waals surface area contributed by atoms with Gasteiger partial charge in [-0.25, -0.2) is 0 Å². The average molecular weight is 301 g/mol. The Morgan fingerprint density at radius 1 is 1.20 bits per heavy atom. The van der Waals surface area contributed by atoms with Crippen LogP contribution in [-0.2, 0) is 9.53 Å². The Hall–Kier alpha value is -1.16.